The molecule has 2 aromatic rings. The van der Waals surface area contributed by atoms with Crippen molar-refractivity contribution < 1.29 is 9.53 Å². The largest absolute Gasteiger partial charge is 0.491 e. The maximum absolute atomic E-state index is 11.9. The topological polar surface area (TPSA) is 88.2 Å². The molecule has 128 valence electrons. The molecule has 0 aliphatic heterocycles. The molecule has 1 aromatic heterocycles. The van der Waals surface area contributed by atoms with Gasteiger partial charge in [-0.2, -0.15) is 0 Å². The van der Waals surface area contributed by atoms with Crippen molar-refractivity contribution in [1.29, 1.82) is 0 Å². The standard InChI is InChI=1S/C17H23N5O2/c1-12(2)24-14-5-6-15(13(3)11-14)22-17(23)21-10-9-20-16-18-7-4-8-19-16/h4-8,11-12H,9-10H2,1-3H3,(H,18,19,20)(H2,21,22,23). The molecule has 1 heterocycles. The number of carbonyl (C=O) groups excluding carboxylic acids is 1. The molecule has 0 aliphatic rings. The van der Waals surface area contributed by atoms with E-state index in [1.807, 2.05) is 39.0 Å². The highest BCUT2D eigenvalue weighted by Crippen LogP contribution is 2.22. The van der Waals surface area contributed by atoms with Crippen molar-refractivity contribution in [2.75, 3.05) is 23.7 Å². The van der Waals surface area contributed by atoms with Gasteiger partial charge in [0.25, 0.3) is 0 Å². The van der Waals surface area contributed by atoms with Gasteiger partial charge in [-0.25, -0.2) is 14.8 Å². The fraction of sp³-hybridized carbons (Fsp3) is 0.353. The molecule has 2 rings (SSSR count). The highest BCUT2D eigenvalue weighted by molar-refractivity contribution is 5.90. The smallest absolute Gasteiger partial charge is 0.319 e. The molecule has 0 unspecified atom stereocenters. The summed E-state index contributed by atoms with van der Waals surface area (Å²) < 4.78 is 5.63. The molecule has 0 fully saturated rings. The quantitative estimate of drug-likeness (QED) is 0.680. The molecule has 0 radical (unpaired) electrons. The zero-order valence-corrected chi connectivity index (χ0v) is 14.2. The molecule has 0 aliphatic carbocycles. The molecule has 1 aromatic carbocycles. The molecule has 0 saturated carbocycles. The lowest BCUT2D eigenvalue weighted by atomic mass is 10.2. The number of ether oxygens (including phenoxy) is 1. The van der Waals surface area contributed by atoms with Gasteiger partial charge in [0, 0.05) is 31.2 Å². The van der Waals surface area contributed by atoms with Gasteiger partial charge in [-0.15, -0.1) is 0 Å². The Morgan fingerprint density at radius 2 is 1.96 bits per heavy atom. The van der Waals surface area contributed by atoms with E-state index < -0.39 is 0 Å². The average Bonchev–Trinajstić information content (AvgIpc) is 2.55. The van der Waals surface area contributed by atoms with Gasteiger partial charge in [-0.05, 0) is 50.6 Å². The van der Waals surface area contributed by atoms with E-state index in [4.69, 9.17) is 4.74 Å². The normalized spacial score (nSPS) is 10.3. The Labute approximate surface area is 141 Å². The zero-order chi connectivity index (χ0) is 17.4. The number of aromatic nitrogens is 2. The van der Waals surface area contributed by atoms with E-state index in [9.17, 15) is 4.79 Å². The molecule has 0 saturated heterocycles. The van der Waals surface area contributed by atoms with Crippen LogP contribution in [0, 0.1) is 6.92 Å². The number of hydrogen-bond acceptors (Lipinski definition) is 5. The Morgan fingerprint density at radius 1 is 1.21 bits per heavy atom. The van der Waals surface area contributed by atoms with Crippen molar-refractivity contribution in [3.63, 3.8) is 0 Å². The summed E-state index contributed by atoms with van der Waals surface area (Å²) in [4.78, 5) is 20.0. The van der Waals surface area contributed by atoms with Crippen LogP contribution in [0.3, 0.4) is 0 Å². The van der Waals surface area contributed by atoms with Crippen LogP contribution >= 0.6 is 0 Å². The number of aryl methyl sites for hydroxylation is 1. The molecular weight excluding hydrogens is 306 g/mol. The van der Waals surface area contributed by atoms with Crippen LogP contribution < -0.4 is 20.7 Å². The molecule has 7 heteroatoms. The first-order chi connectivity index (χ1) is 11.5. The first-order valence-corrected chi connectivity index (χ1v) is 7.87. The van der Waals surface area contributed by atoms with E-state index in [0.717, 1.165) is 17.0 Å². The van der Waals surface area contributed by atoms with E-state index in [2.05, 4.69) is 25.9 Å². The van der Waals surface area contributed by atoms with E-state index in [1.54, 1.807) is 18.5 Å². The number of nitrogens with zero attached hydrogens (tertiary/aromatic N) is 2. The first kappa shape index (κ1) is 17.5. The van der Waals surface area contributed by atoms with Crippen LogP contribution in [0.5, 0.6) is 5.75 Å². The van der Waals surface area contributed by atoms with Gasteiger partial charge in [0.15, 0.2) is 0 Å². The molecule has 24 heavy (non-hydrogen) atoms. The lowest BCUT2D eigenvalue weighted by Gasteiger charge is -2.13. The number of anilines is 2. The summed E-state index contributed by atoms with van der Waals surface area (Å²) in [6, 6.07) is 7.08. The second-order valence-electron chi connectivity index (χ2n) is 5.52. The monoisotopic (exact) mass is 329 g/mol. The molecular formula is C17H23N5O2. The van der Waals surface area contributed by atoms with Crippen molar-refractivity contribution in [3.8, 4) is 5.75 Å². The minimum Gasteiger partial charge on any atom is -0.491 e. The van der Waals surface area contributed by atoms with Crippen molar-refractivity contribution in [1.82, 2.24) is 15.3 Å². The summed E-state index contributed by atoms with van der Waals surface area (Å²) >= 11 is 0. The number of rotatable bonds is 7. The molecule has 7 nitrogen and oxygen atoms in total. The first-order valence-electron chi connectivity index (χ1n) is 7.87. The lowest BCUT2D eigenvalue weighted by Crippen LogP contribution is -2.33. The Bertz CT molecular complexity index is 661. The number of nitrogens with one attached hydrogen (secondary N) is 3. The fourth-order valence-electron chi connectivity index (χ4n) is 2.03. The number of hydrogen-bond donors (Lipinski definition) is 3. The predicted molar refractivity (Wildman–Crippen MR) is 94.5 cm³/mol. The molecule has 0 atom stereocenters. The Morgan fingerprint density at radius 3 is 2.62 bits per heavy atom. The van der Waals surface area contributed by atoms with Crippen LogP contribution in [0.4, 0.5) is 16.4 Å². The average molecular weight is 329 g/mol. The third-order valence-corrected chi connectivity index (χ3v) is 3.08. The fourth-order valence-corrected chi connectivity index (χ4v) is 2.03. The number of amides is 2. The van der Waals surface area contributed by atoms with E-state index in [1.165, 1.54) is 0 Å². The van der Waals surface area contributed by atoms with Crippen molar-refractivity contribution >= 4 is 17.7 Å². The Balaban J connectivity index is 1.75. The van der Waals surface area contributed by atoms with Crippen LogP contribution in [0.1, 0.15) is 19.4 Å². The minimum absolute atomic E-state index is 0.118. The second kappa shape index (κ2) is 8.71. The third kappa shape index (κ3) is 5.75. The van der Waals surface area contributed by atoms with Crippen LogP contribution in [0.25, 0.3) is 0 Å². The van der Waals surface area contributed by atoms with Gasteiger partial charge >= 0.3 is 6.03 Å². The van der Waals surface area contributed by atoms with Crippen molar-refractivity contribution in [2.45, 2.75) is 26.9 Å². The predicted octanol–water partition coefficient (Wildman–Crippen LogP) is 2.81. The van der Waals surface area contributed by atoms with E-state index in [0.29, 0.717) is 19.0 Å². The molecule has 0 bridgehead atoms. The number of carbonyl (C=O) groups is 1. The minimum atomic E-state index is -0.258. The third-order valence-electron chi connectivity index (χ3n) is 3.08. The van der Waals surface area contributed by atoms with Gasteiger partial charge in [0.2, 0.25) is 5.95 Å². The van der Waals surface area contributed by atoms with Gasteiger partial charge < -0.3 is 20.7 Å². The lowest BCUT2D eigenvalue weighted by molar-refractivity contribution is 0.242. The highest BCUT2D eigenvalue weighted by atomic mass is 16.5. The summed E-state index contributed by atoms with van der Waals surface area (Å²) in [6.45, 7) is 6.87. The van der Waals surface area contributed by atoms with Gasteiger partial charge in [-0.1, -0.05) is 0 Å². The number of urea groups is 1. The van der Waals surface area contributed by atoms with E-state index >= 15 is 0 Å². The number of benzene rings is 1. The Kier molecular flexibility index (Phi) is 6.36. The van der Waals surface area contributed by atoms with Crippen molar-refractivity contribution in [3.05, 3.63) is 42.2 Å². The summed E-state index contributed by atoms with van der Waals surface area (Å²) in [5.41, 5.74) is 1.70. The molecule has 2 amide bonds. The summed E-state index contributed by atoms with van der Waals surface area (Å²) in [7, 11) is 0. The van der Waals surface area contributed by atoms with Gasteiger partial charge in [0.05, 0.1) is 6.10 Å². The van der Waals surface area contributed by atoms with Crippen molar-refractivity contribution in [2.24, 2.45) is 0 Å². The maximum Gasteiger partial charge on any atom is 0.319 e. The zero-order valence-electron chi connectivity index (χ0n) is 14.2. The van der Waals surface area contributed by atoms with Crippen LogP contribution in [0.15, 0.2) is 36.7 Å². The van der Waals surface area contributed by atoms with Gasteiger partial charge in [0.1, 0.15) is 5.75 Å². The Hall–Kier alpha value is -2.83. The maximum atomic E-state index is 11.9. The summed E-state index contributed by atoms with van der Waals surface area (Å²) in [5.74, 6) is 1.33. The SMILES string of the molecule is Cc1cc(OC(C)C)ccc1NC(=O)NCCNc1ncccn1. The second-order valence-corrected chi connectivity index (χ2v) is 5.52. The van der Waals surface area contributed by atoms with Gasteiger partial charge in [-0.3, -0.25) is 0 Å². The summed E-state index contributed by atoms with van der Waals surface area (Å²) in [6.07, 6.45) is 3.43. The van der Waals surface area contributed by atoms with E-state index in [-0.39, 0.29) is 12.1 Å². The van der Waals surface area contributed by atoms with Crippen LogP contribution in [-0.2, 0) is 0 Å². The summed E-state index contributed by atoms with van der Waals surface area (Å²) in [5, 5.41) is 8.62. The van der Waals surface area contributed by atoms with Crippen LogP contribution in [0.2, 0.25) is 0 Å². The van der Waals surface area contributed by atoms with Crippen LogP contribution in [-0.4, -0.2) is 35.2 Å². The molecule has 0 spiro atoms. The highest BCUT2D eigenvalue weighted by Gasteiger charge is 2.06. The molecule has 3 N–H and O–H groups in total.